The minimum Gasteiger partial charge on any atom is -0.325 e. The highest BCUT2D eigenvalue weighted by Gasteiger charge is 2.27. The number of H-pyrrole nitrogens is 1. The summed E-state index contributed by atoms with van der Waals surface area (Å²) in [6, 6.07) is 0. The predicted octanol–water partition coefficient (Wildman–Crippen LogP) is 0.254. The van der Waals surface area contributed by atoms with E-state index in [4.69, 9.17) is 5.73 Å². The monoisotopic (exact) mass is 246 g/mol. The zero-order valence-electron chi connectivity index (χ0n) is 9.96. The van der Waals surface area contributed by atoms with Crippen molar-refractivity contribution >= 4 is 10.0 Å². The molecule has 0 aliphatic carbocycles. The van der Waals surface area contributed by atoms with Gasteiger partial charge in [0.05, 0.1) is 11.4 Å². The normalized spacial score (nSPS) is 13.1. The minimum atomic E-state index is -3.57. The number of aromatic amines is 1. The van der Waals surface area contributed by atoms with Crippen molar-refractivity contribution in [2.45, 2.75) is 44.7 Å². The summed E-state index contributed by atoms with van der Waals surface area (Å²) in [7, 11) is -3.57. The highest BCUT2D eigenvalue weighted by molar-refractivity contribution is 7.89. The first kappa shape index (κ1) is 13.1. The number of nitrogens with one attached hydrogen (secondary N) is 2. The van der Waals surface area contributed by atoms with E-state index in [0.717, 1.165) is 0 Å². The van der Waals surface area contributed by atoms with Crippen LogP contribution in [0.1, 0.15) is 32.2 Å². The molecule has 0 aliphatic rings. The zero-order chi connectivity index (χ0) is 12.6. The number of sulfonamides is 1. The van der Waals surface area contributed by atoms with E-state index in [1.807, 2.05) is 0 Å². The van der Waals surface area contributed by atoms with Crippen LogP contribution in [-0.2, 0) is 16.6 Å². The molecule has 0 unspecified atom stereocenters. The van der Waals surface area contributed by atoms with E-state index in [0.29, 0.717) is 11.4 Å². The lowest BCUT2D eigenvalue weighted by Gasteiger charge is -2.20. The third kappa shape index (κ3) is 2.81. The number of aromatic nitrogens is 2. The molecule has 92 valence electrons. The fourth-order valence-corrected chi connectivity index (χ4v) is 3.21. The first-order valence-corrected chi connectivity index (χ1v) is 6.43. The van der Waals surface area contributed by atoms with Gasteiger partial charge in [-0.2, -0.15) is 5.10 Å². The Morgan fingerprint density at radius 1 is 1.44 bits per heavy atom. The molecule has 6 nitrogen and oxygen atoms in total. The van der Waals surface area contributed by atoms with Crippen molar-refractivity contribution in [2.24, 2.45) is 5.73 Å². The molecule has 1 aromatic heterocycles. The molecule has 0 spiro atoms. The molecule has 0 aromatic carbocycles. The third-order valence-corrected chi connectivity index (χ3v) is 3.82. The summed E-state index contributed by atoms with van der Waals surface area (Å²) < 4.78 is 26.7. The second kappa shape index (κ2) is 4.15. The molecule has 1 aromatic rings. The van der Waals surface area contributed by atoms with Crippen LogP contribution in [0.15, 0.2) is 4.90 Å². The molecule has 0 saturated heterocycles. The van der Waals surface area contributed by atoms with Gasteiger partial charge >= 0.3 is 0 Å². The van der Waals surface area contributed by atoms with Crippen LogP contribution in [0.2, 0.25) is 0 Å². The molecule has 0 amide bonds. The van der Waals surface area contributed by atoms with E-state index in [1.54, 1.807) is 27.7 Å². The molecular weight excluding hydrogens is 228 g/mol. The lowest BCUT2D eigenvalue weighted by molar-refractivity contribution is 0.490. The SMILES string of the molecule is Cc1[nH]nc(CN)c1S(=O)(=O)NC(C)(C)C. The van der Waals surface area contributed by atoms with Gasteiger partial charge in [-0.15, -0.1) is 0 Å². The third-order valence-electron chi connectivity index (χ3n) is 1.86. The van der Waals surface area contributed by atoms with Crippen LogP contribution in [0.5, 0.6) is 0 Å². The largest absolute Gasteiger partial charge is 0.325 e. The van der Waals surface area contributed by atoms with Gasteiger partial charge in [-0.1, -0.05) is 0 Å². The molecule has 7 heteroatoms. The van der Waals surface area contributed by atoms with Crippen molar-refractivity contribution in [2.75, 3.05) is 0 Å². The van der Waals surface area contributed by atoms with Crippen molar-refractivity contribution < 1.29 is 8.42 Å². The summed E-state index contributed by atoms with van der Waals surface area (Å²) in [6.07, 6.45) is 0. The Hall–Kier alpha value is -0.920. The Morgan fingerprint density at radius 2 is 2.00 bits per heavy atom. The van der Waals surface area contributed by atoms with Gasteiger partial charge in [0.1, 0.15) is 4.90 Å². The van der Waals surface area contributed by atoms with Gasteiger partial charge in [0.15, 0.2) is 0 Å². The second-order valence-electron chi connectivity index (χ2n) is 4.68. The molecule has 0 atom stereocenters. The minimum absolute atomic E-state index is 0.0880. The summed E-state index contributed by atoms with van der Waals surface area (Å²) in [5.41, 5.74) is 5.77. The van der Waals surface area contributed by atoms with Crippen molar-refractivity contribution in [1.82, 2.24) is 14.9 Å². The number of hydrogen-bond acceptors (Lipinski definition) is 4. The van der Waals surface area contributed by atoms with Gasteiger partial charge in [-0.25, -0.2) is 13.1 Å². The summed E-state index contributed by atoms with van der Waals surface area (Å²) >= 11 is 0. The summed E-state index contributed by atoms with van der Waals surface area (Å²) in [4.78, 5) is 0.157. The molecule has 1 rings (SSSR count). The van der Waals surface area contributed by atoms with Crippen molar-refractivity contribution in [3.05, 3.63) is 11.4 Å². The number of nitrogens with zero attached hydrogens (tertiary/aromatic N) is 1. The molecule has 0 radical (unpaired) electrons. The lowest BCUT2D eigenvalue weighted by Crippen LogP contribution is -2.41. The number of aryl methyl sites for hydroxylation is 1. The molecule has 0 bridgehead atoms. The Bertz CT molecular complexity index is 470. The quantitative estimate of drug-likeness (QED) is 0.711. The topological polar surface area (TPSA) is 101 Å². The highest BCUT2D eigenvalue weighted by atomic mass is 32.2. The molecule has 0 aliphatic heterocycles. The Labute approximate surface area is 95.7 Å². The van der Waals surface area contributed by atoms with Crippen LogP contribution in [0.25, 0.3) is 0 Å². The summed E-state index contributed by atoms with van der Waals surface area (Å²) in [5.74, 6) is 0. The summed E-state index contributed by atoms with van der Waals surface area (Å²) in [6.45, 7) is 7.08. The summed E-state index contributed by atoms with van der Waals surface area (Å²) in [5, 5.41) is 6.49. The van der Waals surface area contributed by atoms with Crippen LogP contribution < -0.4 is 10.5 Å². The maximum Gasteiger partial charge on any atom is 0.244 e. The number of hydrogen-bond donors (Lipinski definition) is 3. The van der Waals surface area contributed by atoms with E-state index < -0.39 is 15.6 Å². The predicted molar refractivity (Wildman–Crippen MR) is 61.3 cm³/mol. The molecule has 0 saturated carbocycles. The van der Waals surface area contributed by atoms with Crippen LogP contribution in [0, 0.1) is 6.92 Å². The van der Waals surface area contributed by atoms with Crippen molar-refractivity contribution in [3.8, 4) is 0 Å². The van der Waals surface area contributed by atoms with Gasteiger partial charge in [-0.3, -0.25) is 5.10 Å². The number of rotatable bonds is 3. The smallest absolute Gasteiger partial charge is 0.244 e. The average Bonchev–Trinajstić information content (AvgIpc) is 2.42. The van der Waals surface area contributed by atoms with Gasteiger partial charge in [-0.05, 0) is 27.7 Å². The zero-order valence-corrected chi connectivity index (χ0v) is 10.8. The van der Waals surface area contributed by atoms with Gasteiger partial charge in [0.25, 0.3) is 0 Å². The van der Waals surface area contributed by atoms with Crippen LogP contribution >= 0.6 is 0 Å². The fourth-order valence-electron chi connectivity index (χ4n) is 1.42. The Balaban J connectivity index is 3.22. The first-order valence-electron chi connectivity index (χ1n) is 4.95. The van der Waals surface area contributed by atoms with E-state index in [2.05, 4.69) is 14.9 Å². The van der Waals surface area contributed by atoms with E-state index in [1.165, 1.54) is 0 Å². The van der Waals surface area contributed by atoms with Crippen LogP contribution in [-0.4, -0.2) is 24.2 Å². The molecule has 16 heavy (non-hydrogen) atoms. The van der Waals surface area contributed by atoms with E-state index in [-0.39, 0.29) is 11.4 Å². The Kier molecular flexibility index (Phi) is 3.41. The average molecular weight is 246 g/mol. The molecule has 0 fully saturated rings. The van der Waals surface area contributed by atoms with Gasteiger partial charge in [0.2, 0.25) is 10.0 Å². The fraction of sp³-hybridized carbons (Fsp3) is 0.667. The van der Waals surface area contributed by atoms with Crippen LogP contribution in [0.4, 0.5) is 0 Å². The lowest BCUT2D eigenvalue weighted by atomic mass is 10.1. The van der Waals surface area contributed by atoms with E-state index in [9.17, 15) is 8.42 Å². The van der Waals surface area contributed by atoms with Crippen molar-refractivity contribution in [1.29, 1.82) is 0 Å². The molecular formula is C9H18N4O2S. The first-order chi connectivity index (χ1) is 7.17. The molecule has 1 heterocycles. The second-order valence-corrected chi connectivity index (χ2v) is 6.30. The van der Waals surface area contributed by atoms with Gasteiger partial charge < -0.3 is 5.73 Å². The van der Waals surface area contributed by atoms with Crippen molar-refractivity contribution in [3.63, 3.8) is 0 Å². The van der Waals surface area contributed by atoms with Crippen LogP contribution in [0.3, 0.4) is 0 Å². The Morgan fingerprint density at radius 3 is 2.44 bits per heavy atom. The van der Waals surface area contributed by atoms with E-state index >= 15 is 0 Å². The maximum atomic E-state index is 12.1. The number of nitrogens with two attached hydrogens (primary N) is 1. The van der Waals surface area contributed by atoms with Gasteiger partial charge in [0, 0.05) is 12.1 Å². The highest BCUT2D eigenvalue weighted by Crippen LogP contribution is 2.18. The standard InChI is InChI=1S/C9H18N4O2S/c1-6-8(7(5-10)12-11-6)16(14,15)13-9(2,3)4/h13H,5,10H2,1-4H3,(H,11,12). The maximum absolute atomic E-state index is 12.1. The molecule has 4 N–H and O–H groups in total.